The van der Waals surface area contributed by atoms with Gasteiger partial charge in [0.05, 0.1) is 12.3 Å². The molecular formula is C19H23N3O2. The molecule has 0 radical (unpaired) electrons. The Morgan fingerprint density at radius 3 is 2.67 bits per heavy atom. The number of amides is 1. The molecule has 1 aliphatic heterocycles. The number of hydrogen-bond donors (Lipinski definition) is 3. The molecule has 2 atom stereocenters. The first kappa shape index (κ1) is 16.3. The number of rotatable bonds is 6. The van der Waals surface area contributed by atoms with Crippen LogP contribution in [0.4, 0.5) is 5.69 Å². The minimum atomic E-state index is -0.345. The Morgan fingerprint density at radius 2 is 1.88 bits per heavy atom. The van der Waals surface area contributed by atoms with Gasteiger partial charge in [-0.3, -0.25) is 10.1 Å². The largest absolute Gasteiger partial charge is 0.491 e. The van der Waals surface area contributed by atoms with E-state index in [1.54, 1.807) is 0 Å². The van der Waals surface area contributed by atoms with Crippen LogP contribution in [-0.2, 0) is 4.79 Å². The number of para-hydroxylation sites is 2. The monoisotopic (exact) mass is 325 g/mol. The molecule has 24 heavy (non-hydrogen) atoms. The molecule has 2 aromatic rings. The number of carbonyl (C=O) groups excluding carboxylic acids is 1. The molecule has 1 fully saturated rings. The fourth-order valence-electron chi connectivity index (χ4n) is 2.76. The fraction of sp³-hybridized carbons (Fsp3) is 0.316. The number of carbonyl (C=O) groups is 1. The number of hydrogen-bond acceptors (Lipinski definition) is 4. The van der Waals surface area contributed by atoms with Crippen molar-refractivity contribution in [2.24, 2.45) is 0 Å². The molecule has 1 saturated heterocycles. The van der Waals surface area contributed by atoms with Crippen molar-refractivity contribution in [3.05, 3.63) is 60.2 Å². The fourth-order valence-corrected chi connectivity index (χ4v) is 2.76. The molecule has 1 aliphatic rings. The number of anilines is 1. The first-order chi connectivity index (χ1) is 11.8. The zero-order chi connectivity index (χ0) is 16.8. The Kier molecular flexibility index (Phi) is 5.33. The van der Waals surface area contributed by atoms with E-state index < -0.39 is 0 Å². The molecule has 0 bridgehead atoms. The van der Waals surface area contributed by atoms with Crippen LogP contribution >= 0.6 is 0 Å². The van der Waals surface area contributed by atoms with Crippen molar-refractivity contribution in [3.63, 3.8) is 0 Å². The summed E-state index contributed by atoms with van der Waals surface area (Å²) in [6.45, 7) is 2.74. The van der Waals surface area contributed by atoms with E-state index in [0.717, 1.165) is 23.4 Å². The minimum absolute atomic E-state index is 0.0128. The SMILES string of the molecule is CCCOc1ccccc1NC1NC(=O)CC(c2ccccc2)N1. The van der Waals surface area contributed by atoms with Crippen molar-refractivity contribution in [3.8, 4) is 5.75 Å². The predicted molar refractivity (Wildman–Crippen MR) is 94.7 cm³/mol. The normalized spacial score (nSPS) is 20.3. The van der Waals surface area contributed by atoms with Gasteiger partial charge in [0, 0.05) is 12.5 Å². The van der Waals surface area contributed by atoms with E-state index in [0.29, 0.717) is 13.0 Å². The van der Waals surface area contributed by atoms with Gasteiger partial charge in [0.2, 0.25) is 5.91 Å². The lowest BCUT2D eigenvalue weighted by Crippen LogP contribution is -2.56. The van der Waals surface area contributed by atoms with E-state index >= 15 is 0 Å². The third-order valence-corrected chi connectivity index (χ3v) is 3.91. The summed E-state index contributed by atoms with van der Waals surface area (Å²) in [6.07, 6.45) is 1.03. The van der Waals surface area contributed by atoms with E-state index in [-0.39, 0.29) is 18.2 Å². The Labute approximate surface area is 142 Å². The van der Waals surface area contributed by atoms with Gasteiger partial charge in [-0.25, -0.2) is 0 Å². The van der Waals surface area contributed by atoms with Crippen LogP contribution in [0.15, 0.2) is 54.6 Å². The van der Waals surface area contributed by atoms with Gasteiger partial charge >= 0.3 is 0 Å². The Morgan fingerprint density at radius 1 is 1.12 bits per heavy atom. The highest BCUT2D eigenvalue weighted by Gasteiger charge is 2.27. The van der Waals surface area contributed by atoms with Crippen LogP contribution in [0.2, 0.25) is 0 Å². The van der Waals surface area contributed by atoms with Gasteiger partial charge in [0.25, 0.3) is 0 Å². The number of ether oxygens (including phenoxy) is 1. The van der Waals surface area contributed by atoms with Crippen LogP contribution in [0, 0.1) is 0 Å². The first-order valence-corrected chi connectivity index (χ1v) is 8.35. The molecule has 1 amide bonds. The Balaban J connectivity index is 1.72. The van der Waals surface area contributed by atoms with Crippen molar-refractivity contribution < 1.29 is 9.53 Å². The van der Waals surface area contributed by atoms with Gasteiger partial charge in [-0.05, 0) is 24.1 Å². The smallest absolute Gasteiger partial charge is 0.224 e. The number of nitrogens with one attached hydrogen (secondary N) is 3. The summed E-state index contributed by atoms with van der Waals surface area (Å²) in [5.74, 6) is 0.810. The quantitative estimate of drug-likeness (QED) is 0.764. The van der Waals surface area contributed by atoms with E-state index in [4.69, 9.17) is 4.74 Å². The van der Waals surface area contributed by atoms with E-state index in [2.05, 4.69) is 22.9 Å². The van der Waals surface area contributed by atoms with Gasteiger partial charge in [-0.2, -0.15) is 0 Å². The zero-order valence-corrected chi connectivity index (χ0v) is 13.8. The summed E-state index contributed by atoms with van der Waals surface area (Å²) in [5.41, 5.74) is 1.96. The molecule has 5 heteroatoms. The van der Waals surface area contributed by atoms with Crippen LogP contribution in [0.25, 0.3) is 0 Å². The van der Waals surface area contributed by atoms with Gasteiger partial charge in [-0.15, -0.1) is 0 Å². The van der Waals surface area contributed by atoms with Crippen LogP contribution in [0.3, 0.4) is 0 Å². The molecule has 0 aliphatic carbocycles. The Bertz CT molecular complexity index is 675. The first-order valence-electron chi connectivity index (χ1n) is 8.35. The van der Waals surface area contributed by atoms with Crippen LogP contribution in [0.5, 0.6) is 5.75 Å². The minimum Gasteiger partial charge on any atom is -0.491 e. The molecule has 3 rings (SSSR count). The van der Waals surface area contributed by atoms with Crippen LogP contribution in [-0.4, -0.2) is 18.8 Å². The molecule has 3 N–H and O–H groups in total. The summed E-state index contributed by atoms with van der Waals surface area (Å²) < 4.78 is 5.76. The summed E-state index contributed by atoms with van der Waals surface area (Å²) in [6, 6.07) is 17.8. The van der Waals surface area contributed by atoms with Crippen LogP contribution < -0.4 is 20.7 Å². The van der Waals surface area contributed by atoms with Gasteiger partial charge in [0.15, 0.2) is 6.29 Å². The maximum atomic E-state index is 12.1. The lowest BCUT2D eigenvalue weighted by Gasteiger charge is -2.33. The number of benzene rings is 2. The van der Waals surface area contributed by atoms with Gasteiger partial charge < -0.3 is 15.4 Å². The second kappa shape index (κ2) is 7.84. The molecule has 0 saturated carbocycles. The lowest BCUT2D eigenvalue weighted by molar-refractivity contribution is -0.124. The molecule has 1 heterocycles. The Hall–Kier alpha value is -2.53. The summed E-state index contributed by atoms with van der Waals surface area (Å²) >= 11 is 0. The second-order valence-corrected chi connectivity index (χ2v) is 5.82. The molecular weight excluding hydrogens is 302 g/mol. The summed E-state index contributed by atoms with van der Waals surface area (Å²) in [5, 5.41) is 9.68. The van der Waals surface area contributed by atoms with Crippen molar-refractivity contribution in [1.82, 2.24) is 10.6 Å². The lowest BCUT2D eigenvalue weighted by atomic mass is 10.0. The topological polar surface area (TPSA) is 62.4 Å². The highest BCUT2D eigenvalue weighted by atomic mass is 16.5. The molecule has 0 aromatic heterocycles. The van der Waals surface area contributed by atoms with E-state index in [9.17, 15) is 4.79 Å². The highest BCUT2D eigenvalue weighted by molar-refractivity contribution is 5.78. The van der Waals surface area contributed by atoms with E-state index in [1.807, 2.05) is 54.6 Å². The molecule has 2 unspecified atom stereocenters. The van der Waals surface area contributed by atoms with Crippen molar-refractivity contribution in [1.29, 1.82) is 0 Å². The third kappa shape index (κ3) is 4.06. The third-order valence-electron chi connectivity index (χ3n) is 3.91. The van der Waals surface area contributed by atoms with Crippen molar-refractivity contribution in [2.75, 3.05) is 11.9 Å². The van der Waals surface area contributed by atoms with Crippen molar-refractivity contribution >= 4 is 11.6 Å². The molecule has 5 nitrogen and oxygen atoms in total. The maximum Gasteiger partial charge on any atom is 0.224 e. The average Bonchev–Trinajstić information content (AvgIpc) is 2.61. The summed E-state index contributed by atoms with van der Waals surface area (Å²) in [4.78, 5) is 12.1. The molecule has 126 valence electrons. The van der Waals surface area contributed by atoms with E-state index in [1.165, 1.54) is 0 Å². The highest BCUT2D eigenvalue weighted by Crippen LogP contribution is 2.26. The maximum absolute atomic E-state index is 12.1. The molecule has 0 spiro atoms. The zero-order valence-electron chi connectivity index (χ0n) is 13.8. The average molecular weight is 325 g/mol. The van der Waals surface area contributed by atoms with Crippen molar-refractivity contribution in [2.45, 2.75) is 32.1 Å². The van der Waals surface area contributed by atoms with Crippen LogP contribution in [0.1, 0.15) is 31.4 Å². The summed E-state index contributed by atoms with van der Waals surface area (Å²) in [7, 11) is 0. The predicted octanol–water partition coefficient (Wildman–Crippen LogP) is 3.02. The molecule has 2 aromatic carbocycles. The standard InChI is InChI=1S/C19H23N3O2/c1-2-12-24-17-11-7-6-10-15(17)20-19-21-16(13-18(23)22-19)14-8-4-3-5-9-14/h3-11,16,19-21H,2,12-13H2,1H3,(H,22,23). The van der Waals surface area contributed by atoms with Gasteiger partial charge in [0.1, 0.15) is 5.75 Å². The van der Waals surface area contributed by atoms with Gasteiger partial charge in [-0.1, -0.05) is 49.4 Å². The second-order valence-electron chi connectivity index (χ2n) is 5.82.